The predicted molar refractivity (Wildman–Crippen MR) is 54.7 cm³/mol. The third kappa shape index (κ3) is 2.19. The lowest BCUT2D eigenvalue weighted by Gasteiger charge is -2.10. The maximum atomic E-state index is 12.9. The van der Waals surface area contributed by atoms with Gasteiger partial charge in [0, 0.05) is 18.0 Å². The van der Waals surface area contributed by atoms with Gasteiger partial charge in [-0.25, -0.2) is 4.39 Å². The number of halogens is 1. The van der Waals surface area contributed by atoms with E-state index in [1.165, 1.54) is 12.1 Å². The van der Waals surface area contributed by atoms with Crippen LogP contribution in [-0.2, 0) is 0 Å². The van der Waals surface area contributed by atoms with Crippen LogP contribution in [0.15, 0.2) is 48.8 Å². The molecule has 1 aromatic carbocycles. The molecule has 1 unspecified atom stereocenters. The normalized spacial score (nSPS) is 12.4. The van der Waals surface area contributed by atoms with Gasteiger partial charge < -0.3 is 5.11 Å². The smallest absolute Gasteiger partial charge is 0.123 e. The Hall–Kier alpha value is -1.74. The molecule has 0 aliphatic rings. The Morgan fingerprint density at radius 3 is 2.60 bits per heavy atom. The second kappa shape index (κ2) is 4.19. The van der Waals surface area contributed by atoms with Gasteiger partial charge in [0.15, 0.2) is 0 Å². The summed E-state index contributed by atoms with van der Waals surface area (Å²) in [4.78, 5) is 3.90. The van der Waals surface area contributed by atoms with Crippen molar-refractivity contribution in [1.29, 1.82) is 0 Å². The van der Waals surface area contributed by atoms with Crippen LogP contribution in [0.25, 0.3) is 0 Å². The molecule has 1 atom stereocenters. The van der Waals surface area contributed by atoms with Crippen molar-refractivity contribution in [3.05, 3.63) is 65.7 Å². The summed E-state index contributed by atoms with van der Waals surface area (Å²) in [5.41, 5.74) is 1.19. The Labute approximate surface area is 87.0 Å². The predicted octanol–water partition coefficient (Wildman–Crippen LogP) is 2.30. The van der Waals surface area contributed by atoms with Gasteiger partial charge in [-0.1, -0.05) is 18.2 Å². The van der Waals surface area contributed by atoms with Gasteiger partial charge in [0.2, 0.25) is 0 Å². The van der Waals surface area contributed by atoms with Gasteiger partial charge in [0.05, 0.1) is 0 Å². The fraction of sp³-hybridized carbons (Fsp3) is 0.0833. The number of hydrogen-bond acceptors (Lipinski definition) is 2. The minimum atomic E-state index is -0.825. The number of aliphatic hydroxyl groups excluding tert-OH is 1. The fourth-order valence-electron chi connectivity index (χ4n) is 1.41. The first-order valence-corrected chi connectivity index (χ1v) is 4.61. The summed E-state index contributed by atoms with van der Waals surface area (Å²) in [5.74, 6) is -0.351. The molecule has 3 heteroatoms. The zero-order chi connectivity index (χ0) is 10.7. The summed E-state index contributed by atoms with van der Waals surface area (Å²) >= 11 is 0. The maximum absolute atomic E-state index is 12.9. The summed E-state index contributed by atoms with van der Waals surface area (Å²) in [6.07, 6.45) is 2.37. The molecule has 0 bridgehead atoms. The lowest BCUT2D eigenvalue weighted by Crippen LogP contribution is -2.00. The molecule has 2 nitrogen and oxygen atoms in total. The van der Waals surface area contributed by atoms with Gasteiger partial charge in [-0.05, 0) is 23.8 Å². The summed E-state index contributed by atoms with van der Waals surface area (Å²) in [6.45, 7) is 0. The second-order valence-electron chi connectivity index (χ2n) is 3.24. The van der Waals surface area contributed by atoms with Gasteiger partial charge in [-0.15, -0.1) is 0 Å². The molecule has 1 aromatic heterocycles. The number of rotatable bonds is 2. The third-order valence-corrected chi connectivity index (χ3v) is 2.16. The Morgan fingerprint density at radius 1 is 1.13 bits per heavy atom. The van der Waals surface area contributed by atoms with Gasteiger partial charge in [-0.2, -0.15) is 0 Å². The summed E-state index contributed by atoms with van der Waals surface area (Å²) in [5, 5.41) is 9.91. The molecular formula is C12H10FNO. The molecule has 1 heterocycles. The molecule has 15 heavy (non-hydrogen) atoms. The minimum absolute atomic E-state index is 0.351. The molecule has 0 aliphatic heterocycles. The van der Waals surface area contributed by atoms with E-state index in [0.29, 0.717) is 11.1 Å². The molecule has 0 aliphatic carbocycles. The average Bonchev–Trinajstić information content (AvgIpc) is 2.29. The highest BCUT2D eigenvalue weighted by Crippen LogP contribution is 2.21. The lowest BCUT2D eigenvalue weighted by molar-refractivity contribution is 0.219. The van der Waals surface area contributed by atoms with Crippen LogP contribution < -0.4 is 0 Å². The van der Waals surface area contributed by atoms with Crippen LogP contribution in [0.3, 0.4) is 0 Å². The molecular weight excluding hydrogens is 193 g/mol. The van der Waals surface area contributed by atoms with E-state index in [-0.39, 0.29) is 5.82 Å². The molecule has 2 rings (SSSR count). The van der Waals surface area contributed by atoms with E-state index in [2.05, 4.69) is 4.98 Å². The second-order valence-corrected chi connectivity index (χ2v) is 3.24. The van der Waals surface area contributed by atoms with Crippen LogP contribution in [0.1, 0.15) is 17.2 Å². The minimum Gasteiger partial charge on any atom is -0.384 e. The Bertz CT molecular complexity index is 444. The molecule has 0 radical (unpaired) electrons. The summed E-state index contributed by atoms with van der Waals surface area (Å²) < 4.78 is 12.9. The van der Waals surface area contributed by atoms with E-state index in [0.717, 1.165) is 0 Å². The standard InChI is InChI=1S/C12H10FNO/c13-11-5-1-3-9(7-11)12(15)10-4-2-6-14-8-10/h1-8,12,15H. The van der Waals surface area contributed by atoms with Gasteiger partial charge in [0.25, 0.3) is 0 Å². The van der Waals surface area contributed by atoms with Crippen LogP contribution in [0.4, 0.5) is 4.39 Å². The van der Waals surface area contributed by atoms with E-state index in [1.54, 1.807) is 36.7 Å². The maximum Gasteiger partial charge on any atom is 0.123 e. The first-order chi connectivity index (χ1) is 7.27. The van der Waals surface area contributed by atoms with Gasteiger partial charge in [-0.3, -0.25) is 4.98 Å². The zero-order valence-electron chi connectivity index (χ0n) is 7.97. The van der Waals surface area contributed by atoms with Gasteiger partial charge in [0.1, 0.15) is 11.9 Å². The van der Waals surface area contributed by atoms with Crippen LogP contribution in [-0.4, -0.2) is 10.1 Å². The SMILES string of the molecule is OC(c1cccnc1)c1cccc(F)c1. The van der Waals surface area contributed by atoms with Crippen LogP contribution in [0.5, 0.6) is 0 Å². The van der Waals surface area contributed by atoms with Crippen molar-refractivity contribution >= 4 is 0 Å². The average molecular weight is 203 g/mol. The first kappa shape index (κ1) is 9.80. The molecule has 76 valence electrons. The van der Waals surface area contributed by atoms with Crippen molar-refractivity contribution in [2.75, 3.05) is 0 Å². The topological polar surface area (TPSA) is 33.1 Å². The largest absolute Gasteiger partial charge is 0.384 e. The van der Waals surface area contributed by atoms with Gasteiger partial charge >= 0.3 is 0 Å². The molecule has 0 fully saturated rings. The molecule has 1 N–H and O–H groups in total. The van der Waals surface area contributed by atoms with Crippen molar-refractivity contribution in [2.45, 2.75) is 6.10 Å². The first-order valence-electron chi connectivity index (χ1n) is 4.61. The lowest BCUT2D eigenvalue weighted by atomic mass is 10.0. The van der Waals surface area contributed by atoms with E-state index in [4.69, 9.17) is 0 Å². The fourth-order valence-corrected chi connectivity index (χ4v) is 1.41. The highest BCUT2D eigenvalue weighted by molar-refractivity contribution is 5.28. The van der Waals surface area contributed by atoms with E-state index in [1.807, 2.05) is 0 Å². The highest BCUT2D eigenvalue weighted by atomic mass is 19.1. The van der Waals surface area contributed by atoms with Crippen LogP contribution in [0.2, 0.25) is 0 Å². The number of nitrogens with zero attached hydrogens (tertiary/aromatic N) is 1. The molecule has 2 aromatic rings. The van der Waals surface area contributed by atoms with Crippen molar-refractivity contribution in [3.8, 4) is 0 Å². The summed E-state index contributed by atoms with van der Waals surface area (Å²) in [6, 6.07) is 9.41. The van der Waals surface area contributed by atoms with Crippen molar-refractivity contribution in [2.24, 2.45) is 0 Å². The number of pyridine rings is 1. The van der Waals surface area contributed by atoms with Crippen molar-refractivity contribution in [1.82, 2.24) is 4.98 Å². The van der Waals surface area contributed by atoms with Crippen LogP contribution in [0, 0.1) is 5.82 Å². The molecule has 0 saturated heterocycles. The molecule has 0 saturated carbocycles. The van der Waals surface area contributed by atoms with E-state index in [9.17, 15) is 9.50 Å². The summed E-state index contributed by atoms with van der Waals surface area (Å²) in [7, 11) is 0. The van der Waals surface area contributed by atoms with E-state index < -0.39 is 6.10 Å². The Morgan fingerprint density at radius 2 is 1.93 bits per heavy atom. The zero-order valence-corrected chi connectivity index (χ0v) is 7.97. The van der Waals surface area contributed by atoms with Crippen LogP contribution >= 0.6 is 0 Å². The molecule has 0 amide bonds. The molecule has 0 spiro atoms. The quantitative estimate of drug-likeness (QED) is 0.812. The third-order valence-electron chi connectivity index (χ3n) is 2.16. The Kier molecular flexibility index (Phi) is 2.74. The number of hydrogen-bond donors (Lipinski definition) is 1. The van der Waals surface area contributed by atoms with Crippen molar-refractivity contribution < 1.29 is 9.50 Å². The number of aromatic nitrogens is 1. The van der Waals surface area contributed by atoms with Crippen molar-refractivity contribution in [3.63, 3.8) is 0 Å². The number of benzene rings is 1. The highest BCUT2D eigenvalue weighted by Gasteiger charge is 2.10. The monoisotopic (exact) mass is 203 g/mol. The Balaban J connectivity index is 2.32. The van der Waals surface area contributed by atoms with E-state index >= 15 is 0 Å². The number of aliphatic hydroxyl groups is 1.